The van der Waals surface area contributed by atoms with Crippen molar-refractivity contribution < 1.29 is 13.6 Å². The van der Waals surface area contributed by atoms with E-state index in [2.05, 4.69) is 35.3 Å². The van der Waals surface area contributed by atoms with Gasteiger partial charge in [-0.1, -0.05) is 38.0 Å². The van der Waals surface area contributed by atoms with E-state index < -0.39 is 23.2 Å². The summed E-state index contributed by atoms with van der Waals surface area (Å²) in [4.78, 5) is 13.9. The number of rotatable bonds is 6. The van der Waals surface area contributed by atoms with Crippen molar-refractivity contribution in [1.82, 2.24) is 20.0 Å². The molecule has 0 spiro atoms. The molecule has 3 aromatic rings. The number of amides is 2. The van der Waals surface area contributed by atoms with Crippen molar-refractivity contribution in [1.29, 1.82) is 0 Å². The molecule has 2 amide bonds. The minimum absolute atomic E-state index is 0.0852. The molecular weight excluding hydrogens is 472 g/mol. The molecule has 0 radical (unpaired) electrons. The van der Waals surface area contributed by atoms with Crippen LogP contribution in [0, 0.1) is 24.0 Å². The van der Waals surface area contributed by atoms with Gasteiger partial charge in [-0.3, -0.25) is 4.90 Å². The maximum absolute atomic E-state index is 15.8. The molecule has 0 bridgehead atoms. The first-order chi connectivity index (χ1) is 17.6. The number of terminal acetylenes is 1. The Bertz CT molecular complexity index is 1360. The molecule has 2 heterocycles. The zero-order chi connectivity index (χ0) is 26.9. The maximum Gasteiger partial charge on any atom is 0.319 e. The van der Waals surface area contributed by atoms with E-state index >= 15 is 8.78 Å². The lowest BCUT2D eigenvalue weighted by Crippen LogP contribution is -2.45. The van der Waals surface area contributed by atoms with Crippen LogP contribution < -0.4 is 10.6 Å². The van der Waals surface area contributed by atoms with E-state index in [1.807, 2.05) is 32.0 Å². The Kier molecular flexibility index (Phi) is 7.37. The predicted octanol–water partition coefficient (Wildman–Crippen LogP) is 5.46. The number of fused-ring (bicyclic) bond motifs is 1. The fourth-order valence-corrected chi connectivity index (χ4v) is 4.88. The van der Waals surface area contributed by atoms with Crippen LogP contribution in [0.5, 0.6) is 0 Å². The lowest BCUT2D eigenvalue weighted by molar-refractivity contribution is 0.152. The summed E-state index contributed by atoms with van der Waals surface area (Å²) in [6.45, 7) is 9.25. The van der Waals surface area contributed by atoms with Gasteiger partial charge in [0.25, 0.3) is 0 Å². The fraction of sp³-hybridized carbons (Fsp3) is 0.379. The highest BCUT2D eigenvalue weighted by atomic mass is 19.1. The Morgan fingerprint density at radius 1 is 1.16 bits per heavy atom. The first-order valence-corrected chi connectivity index (χ1v) is 12.6. The molecule has 0 saturated carbocycles. The Balaban J connectivity index is 1.99. The third-order valence-electron chi connectivity index (χ3n) is 7.14. The number of nitrogens with zero attached hydrogens (tertiary/aromatic N) is 3. The van der Waals surface area contributed by atoms with Crippen molar-refractivity contribution in [3.05, 3.63) is 64.4 Å². The number of halogens is 2. The molecule has 1 aromatic heterocycles. The van der Waals surface area contributed by atoms with Gasteiger partial charge in [0, 0.05) is 43.8 Å². The molecule has 1 aliphatic rings. The summed E-state index contributed by atoms with van der Waals surface area (Å²) < 4.78 is 32.8. The van der Waals surface area contributed by atoms with E-state index in [9.17, 15) is 4.79 Å². The molecule has 194 valence electrons. The summed E-state index contributed by atoms with van der Waals surface area (Å²) in [6, 6.07) is 7.62. The van der Waals surface area contributed by atoms with E-state index in [1.165, 1.54) is 7.05 Å². The molecule has 0 atom stereocenters. The Morgan fingerprint density at radius 2 is 1.84 bits per heavy atom. The second-order valence-corrected chi connectivity index (χ2v) is 9.71. The highest BCUT2D eigenvalue weighted by Crippen LogP contribution is 2.38. The predicted molar refractivity (Wildman–Crippen MR) is 143 cm³/mol. The van der Waals surface area contributed by atoms with Crippen LogP contribution in [-0.4, -0.2) is 39.8 Å². The van der Waals surface area contributed by atoms with Crippen LogP contribution >= 0.6 is 0 Å². The van der Waals surface area contributed by atoms with E-state index in [0.717, 1.165) is 53.0 Å². The number of nitrogens with one attached hydrogen (secondary N) is 2. The second-order valence-electron chi connectivity index (χ2n) is 9.71. The summed E-state index contributed by atoms with van der Waals surface area (Å²) in [5, 5.41) is 9.66. The number of urea groups is 1. The molecule has 0 unspecified atom stereocenters. The second kappa shape index (κ2) is 10.3. The quantitative estimate of drug-likeness (QED) is 0.437. The molecule has 2 aromatic carbocycles. The smallest absolute Gasteiger partial charge is 0.319 e. The van der Waals surface area contributed by atoms with Gasteiger partial charge in [-0.2, -0.15) is 5.10 Å². The Morgan fingerprint density at radius 3 is 2.43 bits per heavy atom. The van der Waals surface area contributed by atoms with Crippen molar-refractivity contribution in [3.63, 3.8) is 0 Å². The Labute approximate surface area is 217 Å². The number of hydrogen-bond acceptors (Lipinski definition) is 3. The Hall–Kier alpha value is -3.70. The van der Waals surface area contributed by atoms with Crippen molar-refractivity contribution in [2.75, 3.05) is 18.9 Å². The molecule has 37 heavy (non-hydrogen) atoms. The van der Waals surface area contributed by atoms with Crippen molar-refractivity contribution in [2.24, 2.45) is 0 Å². The van der Waals surface area contributed by atoms with Gasteiger partial charge in [0.15, 0.2) is 0 Å². The van der Waals surface area contributed by atoms with Gasteiger partial charge in [-0.05, 0) is 43.9 Å². The number of anilines is 1. The SMILES string of the molecule is C#CC(C)(C)N1CCc2nn(-c3c(CC)cccc3CC)c(-c3cc(F)c(NC(=O)NC)cc3F)c2C1. The highest BCUT2D eigenvalue weighted by Gasteiger charge is 2.34. The van der Waals surface area contributed by atoms with E-state index in [0.29, 0.717) is 25.2 Å². The van der Waals surface area contributed by atoms with E-state index in [-0.39, 0.29) is 11.3 Å². The lowest BCUT2D eigenvalue weighted by Gasteiger charge is -2.37. The highest BCUT2D eigenvalue weighted by molar-refractivity contribution is 5.89. The lowest BCUT2D eigenvalue weighted by atomic mass is 9.95. The summed E-state index contributed by atoms with van der Waals surface area (Å²) in [5.41, 5.74) is 4.55. The van der Waals surface area contributed by atoms with E-state index in [4.69, 9.17) is 11.5 Å². The fourth-order valence-electron chi connectivity index (χ4n) is 4.88. The molecule has 0 fully saturated rings. The van der Waals surface area contributed by atoms with Gasteiger partial charge in [-0.25, -0.2) is 18.3 Å². The number of aromatic nitrogens is 2. The van der Waals surface area contributed by atoms with Crippen LogP contribution in [0.15, 0.2) is 30.3 Å². The zero-order valence-corrected chi connectivity index (χ0v) is 22.0. The minimum atomic E-state index is -0.738. The average molecular weight is 506 g/mol. The zero-order valence-electron chi connectivity index (χ0n) is 22.0. The largest absolute Gasteiger partial charge is 0.341 e. The first kappa shape index (κ1) is 26.4. The van der Waals surface area contributed by atoms with Gasteiger partial charge in [0.2, 0.25) is 0 Å². The van der Waals surface area contributed by atoms with Crippen LogP contribution in [0.4, 0.5) is 19.3 Å². The number of carbonyl (C=O) groups excluding carboxylic acids is 1. The molecule has 6 nitrogen and oxygen atoms in total. The number of carbonyl (C=O) groups is 1. The molecular formula is C29H33F2N5O. The van der Waals surface area contributed by atoms with Crippen LogP contribution in [0.2, 0.25) is 0 Å². The average Bonchev–Trinajstić information content (AvgIpc) is 3.27. The number of hydrogen-bond donors (Lipinski definition) is 2. The molecule has 2 N–H and O–H groups in total. The third kappa shape index (κ3) is 4.84. The summed E-state index contributed by atoms with van der Waals surface area (Å²) >= 11 is 0. The van der Waals surface area contributed by atoms with Crippen molar-refractivity contribution in [2.45, 2.75) is 59.0 Å². The standard InChI is InChI=1S/C29H33F2N5O/c1-7-18-11-10-12-19(8-2)26(18)36-27(20-15-23(31)25(16-22(20)30)33-28(37)32-6)21-17-35(29(4,5)9-3)14-13-24(21)34-36/h3,10-12,15-16H,7-8,13-14,17H2,1-2,4-6H3,(H2,32,33,37). The van der Waals surface area contributed by atoms with Crippen LogP contribution in [0.1, 0.15) is 50.1 Å². The minimum Gasteiger partial charge on any atom is -0.341 e. The number of benzene rings is 2. The summed E-state index contributed by atoms with van der Waals surface area (Å²) in [5.74, 6) is 1.45. The van der Waals surface area contributed by atoms with Gasteiger partial charge >= 0.3 is 6.03 Å². The monoisotopic (exact) mass is 505 g/mol. The van der Waals surface area contributed by atoms with Crippen LogP contribution in [-0.2, 0) is 25.8 Å². The normalized spacial score (nSPS) is 13.7. The molecule has 0 aliphatic carbocycles. The van der Waals surface area contributed by atoms with Crippen molar-refractivity contribution >= 4 is 11.7 Å². The van der Waals surface area contributed by atoms with Gasteiger partial charge in [0.1, 0.15) is 11.6 Å². The summed E-state index contributed by atoms with van der Waals surface area (Å²) in [6.07, 6.45) is 7.98. The third-order valence-corrected chi connectivity index (χ3v) is 7.14. The van der Waals surface area contributed by atoms with Crippen molar-refractivity contribution in [3.8, 4) is 29.3 Å². The molecule has 4 rings (SSSR count). The molecule has 8 heteroatoms. The van der Waals surface area contributed by atoms with Gasteiger partial charge in [0.05, 0.1) is 28.3 Å². The molecule has 1 aliphatic heterocycles. The maximum atomic E-state index is 15.8. The first-order valence-electron chi connectivity index (χ1n) is 12.6. The summed E-state index contributed by atoms with van der Waals surface area (Å²) in [7, 11) is 1.41. The van der Waals surface area contributed by atoms with Gasteiger partial charge in [-0.15, -0.1) is 6.42 Å². The number of para-hydroxylation sites is 1. The van der Waals surface area contributed by atoms with Crippen LogP contribution in [0.25, 0.3) is 16.9 Å². The van der Waals surface area contributed by atoms with Crippen LogP contribution in [0.3, 0.4) is 0 Å². The molecule has 0 saturated heterocycles. The van der Waals surface area contributed by atoms with Gasteiger partial charge < -0.3 is 10.6 Å². The van der Waals surface area contributed by atoms with E-state index in [1.54, 1.807) is 4.68 Å². The topological polar surface area (TPSA) is 62.2 Å². The number of aryl methyl sites for hydroxylation is 2.